The van der Waals surface area contributed by atoms with E-state index in [0.717, 1.165) is 37.7 Å². The second-order valence-corrected chi connectivity index (χ2v) is 8.96. The molecule has 0 aromatic heterocycles. The molecule has 29 heavy (non-hydrogen) atoms. The number of ketones is 1. The van der Waals surface area contributed by atoms with Gasteiger partial charge in [0.15, 0.2) is 5.78 Å². The van der Waals surface area contributed by atoms with Gasteiger partial charge in [-0.2, -0.15) is 0 Å². The molecule has 3 rings (SSSR count). The maximum absolute atomic E-state index is 13.8. The van der Waals surface area contributed by atoms with Crippen LogP contribution in [0, 0.1) is 6.92 Å². The first-order valence-corrected chi connectivity index (χ1v) is 11.3. The quantitative estimate of drug-likeness (QED) is 0.463. The van der Waals surface area contributed by atoms with Gasteiger partial charge in [-0.05, 0) is 75.0 Å². The van der Waals surface area contributed by atoms with Crippen LogP contribution >= 0.6 is 0 Å². The van der Waals surface area contributed by atoms with Crippen LogP contribution in [0.4, 0.5) is 0 Å². The Bertz CT molecular complexity index is 907. The number of likely N-dealkylation sites (N-methyl/N-ethyl adjacent to an activating group) is 1. The van der Waals surface area contributed by atoms with Gasteiger partial charge in [0.25, 0.3) is 0 Å². The summed E-state index contributed by atoms with van der Waals surface area (Å²) in [7, 11) is 4.09. The number of hydrogen-bond donors (Lipinski definition) is 0. The van der Waals surface area contributed by atoms with E-state index >= 15 is 0 Å². The van der Waals surface area contributed by atoms with Crippen molar-refractivity contribution in [3.05, 3.63) is 58.7 Å². The summed E-state index contributed by atoms with van der Waals surface area (Å²) in [5.41, 5.74) is 7.18. The van der Waals surface area contributed by atoms with Crippen LogP contribution in [-0.4, -0.2) is 30.3 Å². The highest BCUT2D eigenvalue weighted by molar-refractivity contribution is 6.04. The van der Waals surface area contributed by atoms with Gasteiger partial charge in [-0.25, -0.2) is 0 Å². The van der Waals surface area contributed by atoms with E-state index < -0.39 is 5.54 Å². The van der Waals surface area contributed by atoms with Crippen molar-refractivity contribution < 1.29 is 4.79 Å². The molecule has 1 aliphatic rings. The molecule has 0 aliphatic heterocycles. The Morgan fingerprint density at radius 1 is 0.931 bits per heavy atom. The zero-order chi connectivity index (χ0) is 21.4. The number of fused-ring (bicyclic) bond motifs is 3. The number of benzene rings is 2. The molecule has 1 atom stereocenters. The summed E-state index contributed by atoms with van der Waals surface area (Å²) >= 11 is 0. The third-order valence-electron chi connectivity index (χ3n) is 7.51. The zero-order valence-corrected chi connectivity index (χ0v) is 19.4. The van der Waals surface area contributed by atoms with Crippen molar-refractivity contribution >= 4 is 5.78 Å². The van der Waals surface area contributed by atoms with Crippen LogP contribution < -0.4 is 0 Å². The van der Waals surface area contributed by atoms with Gasteiger partial charge >= 0.3 is 0 Å². The lowest BCUT2D eigenvalue weighted by molar-refractivity contribution is 0.0640. The predicted octanol–water partition coefficient (Wildman–Crippen LogP) is 6.77. The summed E-state index contributed by atoms with van der Waals surface area (Å²) < 4.78 is 0. The van der Waals surface area contributed by atoms with Gasteiger partial charge in [-0.3, -0.25) is 9.69 Å². The minimum absolute atomic E-state index is 0.00469. The van der Waals surface area contributed by atoms with E-state index in [1.165, 1.54) is 27.8 Å². The molecule has 0 radical (unpaired) electrons. The Morgan fingerprint density at radius 3 is 2.03 bits per heavy atom. The highest BCUT2D eigenvalue weighted by Crippen LogP contribution is 2.53. The molecule has 0 bridgehead atoms. The van der Waals surface area contributed by atoms with Gasteiger partial charge in [0.1, 0.15) is 0 Å². The Morgan fingerprint density at radius 2 is 1.52 bits per heavy atom. The van der Waals surface area contributed by atoms with Crippen molar-refractivity contribution in [3.8, 4) is 11.1 Å². The Kier molecular flexibility index (Phi) is 6.06. The van der Waals surface area contributed by atoms with Crippen molar-refractivity contribution in [3.63, 3.8) is 0 Å². The van der Waals surface area contributed by atoms with Crippen molar-refractivity contribution in [1.82, 2.24) is 4.90 Å². The molecule has 0 fully saturated rings. The van der Waals surface area contributed by atoms with Gasteiger partial charge in [0, 0.05) is 11.0 Å². The fourth-order valence-corrected chi connectivity index (χ4v) is 5.64. The molecule has 1 unspecified atom stereocenters. The van der Waals surface area contributed by atoms with Gasteiger partial charge in [0.2, 0.25) is 0 Å². The number of rotatable bonds is 8. The average Bonchev–Trinajstić information content (AvgIpc) is 2.99. The molecule has 0 saturated carbocycles. The van der Waals surface area contributed by atoms with E-state index in [9.17, 15) is 4.79 Å². The number of nitrogens with zero attached hydrogens (tertiary/aromatic N) is 1. The molecule has 2 aromatic carbocycles. The molecular formula is C27H37NO. The summed E-state index contributed by atoms with van der Waals surface area (Å²) in [6.45, 7) is 11.1. The van der Waals surface area contributed by atoms with Crippen LogP contribution in [0.25, 0.3) is 11.1 Å². The van der Waals surface area contributed by atoms with Crippen LogP contribution in [0.5, 0.6) is 0 Å². The average molecular weight is 392 g/mol. The number of Topliss-reactive ketones (excluding diaryl/α,β-unsaturated/α-hetero) is 1. The molecular weight excluding hydrogens is 354 g/mol. The fraction of sp³-hybridized carbons (Fsp3) is 0.519. The lowest BCUT2D eigenvalue weighted by atomic mass is 9.72. The second-order valence-electron chi connectivity index (χ2n) is 8.96. The number of carbonyl (C=O) groups is 1. The third kappa shape index (κ3) is 3.17. The highest BCUT2D eigenvalue weighted by atomic mass is 16.1. The predicted molar refractivity (Wildman–Crippen MR) is 124 cm³/mol. The molecule has 1 aliphatic carbocycles. The first kappa shape index (κ1) is 21.8. The fourth-order valence-electron chi connectivity index (χ4n) is 5.64. The van der Waals surface area contributed by atoms with Crippen LogP contribution in [-0.2, 0) is 5.41 Å². The van der Waals surface area contributed by atoms with Crippen LogP contribution in [0.3, 0.4) is 0 Å². The third-order valence-corrected chi connectivity index (χ3v) is 7.51. The van der Waals surface area contributed by atoms with Crippen LogP contribution in [0.2, 0.25) is 0 Å². The summed E-state index contributed by atoms with van der Waals surface area (Å²) in [5.74, 6) is 0.267. The maximum Gasteiger partial charge on any atom is 0.183 e. The van der Waals surface area contributed by atoms with Crippen LogP contribution in [0.15, 0.2) is 36.4 Å². The number of carbonyl (C=O) groups excluding carboxylic acids is 1. The van der Waals surface area contributed by atoms with Crippen molar-refractivity contribution in [2.45, 2.75) is 77.7 Å². The molecule has 2 heteroatoms. The van der Waals surface area contributed by atoms with E-state index in [2.05, 4.69) is 75.9 Å². The smallest absolute Gasteiger partial charge is 0.183 e. The standard InChI is InChI=1S/C27H37NO/c1-8-16-27(11-4,28(6)7)25(29)20-13-15-22-21-14-12-19(5)17-23(21)26(9-2,10-3)24(22)18-20/h12-15,17-18H,8-11,16H2,1-7H3. The first-order chi connectivity index (χ1) is 13.8. The highest BCUT2D eigenvalue weighted by Gasteiger charge is 2.43. The molecule has 0 N–H and O–H groups in total. The summed E-state index contributed by atoms with van der Waals surface area (Å²) in [6.07, 6.45) is 4.81. The van der Waals surface area contributed by atoms with Crippen molar-refractivity contribution in [2.24, 2.45) is 0 Å². The van der Waals surface area contributed by atoms with Gasteiger partial charge in [-0.1, -0.05) is 70.0 Å². The van der Waals surface area contributed by atoms with Gasteiger partial charge in [0.05, 0.1) is 5.54 Å². The molecule has 0 spiro atoms. The molecule has 0 amide bonds. The molecule has 156 valence electrons. The van der Waals surface area contributed by atoms with Gasteiger partial charge < -0.3 is 0 Å². The normalized spacial score (nSPS) is 16.4. The molecule has 0 heterocycles. The second kappa shape index (κ2) is 8.07. The summed E-state index contributed by atoms with van der Waals surface area (Å²) in [5, 5.41) is 0. The van der Waals surface area contributed by atoms with E-state index in [1.807, 2.05) is 14.1 Å². The number of hydrogen-bond acceptors (Lipinski definition) is 2. The SMILES string of the molecule is CCCC(CC)(C(=O)c1ccc2c(c1)C(CC)(CC)c1cc(C)ccc1-2)N(C)C. The molecule has 0 saturated heterocycles. The maximum atomic E-state index is 13.8. The minimum Gasteiger partial charge on any atom is -0.297 e. The molecule has 2 aromatic rings. The number of aryl methyl sites for hydroxylation is 1. The largest absolute Gasteiger partial charge is 0.297 e. The lowest BCUT2D eigenvalue weighted by Gasteiger charge is -2.38. The van der Waals surface area contributed by atoms with E-state index in [1.54, 1.807) is 0 Å². The Balaban J connectivity index is 2.19. The van der Waals surface area contributed by atoms with Crippen molar-refractivity contribution in [2.75, 3.05) is 14.1 Å². The topological polar surface area (TPSA) is 20.3 Å². The summed E-state index contributed by atoms with van der Waals surface area (Å²) in [6, 6.07) is 13.3. The lowest BCUT2D eigenvalue weighted by Crippen LogP contribution is -2.50. The minimum atomic E-state index is -0.424. The zero-order valence-electron chi connectivity index (χ0n) is 19.4. The van der Waals surface area contributed by atoms with Crippen molar-refractivity contribution in [1.29, 1.82) is 0 Å². The van der Waals surface area contributed by atoms with E-state index in [-0.39, 0.29) is 11.2 Å². The van der Waals surface area contributed by atoms with Crippen LogP contribution in [0.1, 0.15) is 86.8 Å². The monoisotopic (exact) mass is 391 g/mol. The Hall–Kier alpha value is -1.93. The molecule has 2 nitrogen and oxygen atoms in total. The summed E-state index contributed by atoms with van der Waals surface area (Å²) in [4.78, 5) is 15.9. The first-order valence-electron chi connectivity index (χ1n) is 11.3. The Labute approximate surface area is 177 Å². The van der Waals surface area contributed by atoms with E-state index in [4.69, 9.17) is 0 Å². The van der Waals surface area contributed by atoms with E-state index in [0.29, 0.717) is 0 Å². The van der Waals surface area contributed by atoms with Gasteiger partial charge in [-0.15, -0.1) is 0 Å².